The Morgan fingerprint density at radius 2 is 2.33 bits per heavy atom. The highest BCUT2D eigenvalue weighted by Gasteiger charge is 2.29. The molecule has 8 nitrogen and oxygen atoms in total. The predicted molar refractivity (Wildman–Crippen MR) is 73.8 cm³/mol. The molecule has 3 heterocycles. The fraction of sp³-hybridized carbons (Fsp3) is 0.500. The lowest BCUT2D eigenvalue weighted by Gasteiger charge is -2.14. The molecular formula is C12H14N4O4S. The van der Waals surface area contributed by atoms with Crippen molar-refractivity contribution >= 4 is 28.8 Å². The number of fused-ring (bicyclic) bond motifs is 1. The van der Waals surface area contributed by atoms with Crippen LogP contribution in [-0.4, -0.2) is 57.6 Å². The summed E-state index contributed by atoms with van der Waals surface area (Å²) in [5.74, 6) is -0.369. The average molecular weight is 310 g/mol. The molecule has 2 N–H and O–H groups in total. The number of carbonyl (C=O) groups is 3. The second-order valence-electron chi connectivity index (χ2n) is 4.69. The van der Waals surface area contributed by atoms with Crippen molar-refractivity contribution in [3.05, 3.63) is 17.0 Å². The molecule has 0 atom stereocenters. The van der Waals surface area contributed by atoms with Gasteiger partial charge in [-0.25, -0.2) is 0 Å². The van der Waals surface area contributed by atoms with Crippen molar-refractivity contribution in [3.63, 3.8) is 0 Å². The highest BCUT2D eigenvalue weighted by molar-refractivity contribution is 8.14. The highest BCUT2D eigenvalue weighted by Crippen LogP contribution is 2.19. The van der Waals surface area contributed by atoms with E-state index in [-0.39, 0.29) is 35.9 Å². The molecule has 3 amide bonds. The van der Waals surface area contributed by atoms with Gasteiger partial charge in [-0.2, -0.15) is 5.10 Å². The molecule has 1 fully saturated rings. The van der Waals surface area contributed by atoms with E-state index in [0.29, 0.717) is 25.3 Å². The number of hydrogen-bond donors (Lipinski definition) is 2. The van der Waals surface area contributed by atoms with Gasteiger partial charge in [0.15, 0.2) is 5.69 Å². The highest BCUT2D eigenvalue weighted by atomic mass is 32.2. The first-order valence-electron chi connectivity index (χ1n) is 6.56. The molecule has 0 bridgehead atoms. The minimum Gasteiger partial charge on any atom is -0.376 e. The van der Waals surface area contributed by atoms with Crippen molar-refractivity contribution in [3.8, 4) is 0 Å². The second-order valence-corrected chi connectivity index (χ2v) is 5.61. The van der Waals surface area contributed by atoms with Gasteiger partial charge < -0.3 is 10.1 Å². The van der Waals surface area contributed by atoms with Crippen molar-refractivity contribution in [2.24, 2.45) is 0 Å². The zero-order chi connectivity index (χ0) is 14.8. The third-order valence-electron chi connectivity index (χ3n) is 3.37. The van der Waals surface area contributed by atoms with E-state index in [9.17, 15) is 14.4 Å². The van der Waals surface area contributed by atoms with E-state index in [0.717, 1.165) is 27.9 Å². The van der Waals surface area contributed by atoms with Crippen molar-refractivity contribution in [1.82, 2.24) is 20.4 Å². The molecule has 112 valence electrons. The van der Waals surface area contributed by atoms with Crippen LogP contribution in [-0.2, 0) is 22.6 Å². The number of nitrogens with one attached hydrogen (secondary N) is 2. The SMILES string of the molecule is O=C(NCCN1C(=O)CSC1=O)c1n[nH]c2c1COCC2. The molecule has 2 aliphatic rings. The van der Waals surface area contributed by atoms with Crippen molar-refractivity contribution in [1.29, 1.82) is 0 Å². The van der Waals surface area contributed by atoms with E-state index < -0.39 is 0 Å². The number of H-pyrrole nitrogens is 1. The number of carbonyl (C=O) groups excluding carboxylic acids is 3. The van der Waals surface area contributed by atoms with Crippen LogP contribution in [0.4, 0.5) is 4.79 Å². The predicted octanol–water partition coefficient (Wildman–Crippen LogP) is -0.0924. The van der Waals surface area contributed by atoms with E-state index in [4.69, 9.17) is 4.74 Å². The van der Waals surface area contributed by atoms with Gasteiger partial charge in [0.1, 0.15) is 0 Å². The summed E-state index contributed by atoms with van der Waals surface area (Å²) < 4.78 is 5.32. The molecule has 21 heavy (non-hydrogen) atoms. The Kier molecular flexibility index (Phi) is 3.93. The molecule has 1 saturated heterocycles. The Morgan fingerprint density at radius 3 is 3.10 bits per heavy atom. The fourth-order valence-corrected chi connectivity index (χ4v) is 3.01. The molecular weight excluding hydrogens is 296 g/mol. The number of amides is 3. The van der Waals surface area contributed by atoms with Gasteiger partial charge in [0.2, 0.25) is 5.91 Å². The number of imide groups is 1. The minimum atomic E-state index is -0.329. The first-order valence-corrected chi connectivity index (χ1v) is 7.54. The van der Waals surface area contributed by atoms with E-state index >= 15 is 0 Å². The molecule has 0 aliphatic carbocycles. The average Bonchev–Trinajstić information content (AvgIpc) is 3.05. The van der Waals surface area contributed by atoms with Crippen LogP contribution >= 0.6 is 11.8 Å². The van der Waals surface area contributed by atoms with E-state index in [1.54, 1.807) is 0 Å². The number of thioether (sulfide) groups is 1. The lowest BCUT2D eigenvalue weighted by Crippen LogP contribution is -2.37. The van der Waals surface area contributed by atoms with E-state index in [2.05, 4.69) is 15.5 Å². The third kappa shape index (κ3) is 2.79. The van der Waals surface area contributed by atoms with E-state index in [1.807, 2.05) is 0 Å². The van der Waals surface area contributed by atoms with Crippen molar-refractivity contribution < 1.29 is 19.1 Å². The van der Waals surface area contributed by atoms with Crippen LogP contribution < -0.4 is 5.32 Å². The molecule has 3 rings (SSSR count). The molecule has 2 aliphatic heterocycles. The van der Waals surface area contributed by atoms with Crippen LogP contribution in [0.15, 0.2) is 0 Å². The van der Waals surface area contributed by atoms with Gasteiger partial charge in [-0.1, -0.05) is 11.8 Å². The maximum absolute atomic E-state index is 12.1. The fourth-order valence-electron chi connectivity index (χ4n) is 2.26. The lowest BCUT2D eigenvalue weighted by molar-refractivity contribution is -0.124. The van der Waals surface area contributed by atoms with Crippen LogP contribution in [0.1, 0.15) is 21.7 Å². The first-order chi connectivity index (χ1) is 10.2. The smallest absolute Gasteiger partial charge is 0.288 e. The standard InChI is InChI=1S/C12H14N4O4S/c17-9-6-21-12(19)16(9)3-2-13-11(18)10-7-5-20-4-1-8(7)14-15-10/h1-6H2,(H,13,18)(H,14,15). The first kappa shape index (κ1) is 14.1. The number of aromatic amines is 1. The molecule has 1 aromatic rings. The Balaban J connectivity index is 1.56. The summed E-state index contributed by atoms with van der Waals surface area (Å²) >= 11 is 0.980. The van der Waals surface area contributed by atoms with Gasteiger partial charge in [-0.05, 0) is 0 Å². The molecule has 0 saturated carbocycles. The summed E-state index contributed by atoms with van der Waals surface area (Å²) in [6.45, 7) is 1.38. The summed E-state index contributed by atoms with van der Waals surface area (Å²) in [4.78, 5) is 36.0. The summed E-state index contributed by atoms with van der Waals surface area (Å²) in [7, 11) is 0. The number of nitrogens with zero attached hydrogens (tertiary/aromatic N) is 2. The number of hydrogen-bond acceptors (Lipinski definition) is 6. The normalized spacial score (nSPS) is 18.0. The topological polar surface area (TPSA) is 104 Å². The Morgan fingerprint density at radius 1 is 1.48 bits per heavy atom. The van der Waals surface area contributed by atoms with Crippen LogP contribution in [0.25, 0.3) is 0 Å². The Hall–Kier alpha value is -1.87. The number of aromatic nitrogens is 2. The van der Waals surface area contributed by atoms with Gasteiger partial charge in [0.25, 0.3) is 11.1 Å². The van der Waals surface area contributed by atoms with Crippen molar-refractivity contribution in [2.45, 2.75) is 13.0 Å². The van der Waals surface area contributed by atoms with Crippen LogP contribution in [0.5, 0.6) is 0 Å². The Bertz CT molecular complexity index is 584. The number of rotatable bonds is 4. The summed E-state index contributed by atoms with van der Waals surface area (Å²) in [6.07, 6.45) is 0.712. The maximum atomic E-state index is 12.1. The summed E-state index contributed by atoms with van der Waals surface area (Å²) in [6, 6.07) is 0. The van der Waals surface area contributed by atoms with Gasteiger partial charge in [0.05, 0.1) is 19.0 Å². The third-order valence-corrected chi connectivity index (χ3v) is 4.23. The molecule has 0 unspecified atom stereocenters. The lowest BCUT2D eigenvalue weighted by atomic mass is 10.1. The largest absolute Gasteiger partial charge is 0.376 e. The van der Waals surface area contributed by atoms with Crippen LogP contribution in [0, 0.1) is 0 Å². The Labute approximate surface area is 124 Å². The van der Waals surface area contributed by atoms with Gasteiger partial charge in [-0.3, -0.25) is 24.4 Å². The molecule has 9 heteroatoms. The molecule has 1 aromatic heterocycles. The molecule has 0 aromatic carbocycles. The van der Waals surface area contributed by atoms with Gasteiger partial charge in [0, 0.05) is 30.8 Å². The summed E-state index contributed by atoms with van der Waals surface area (Å²) in [5.41, 5.74) is 2.02. The monoisotopic (exact) mass is 310 g/mol. The zero-order valence-corrected chi connectivity index (χ0v) is 12.0. The van der Waals surface area contributed by atoms with E-state index in [1.165, 1.54) is 0 Å². The number of ether oxygens (including phenoxy) is 1. The maximum Gasteiger partial charge on any atom is 0.288 e. The van der Waals surface area contributed by atoms with Crippen molar-refractivity contribution in [2.75, 3.05) is 25.4 Å². The molecule has 0 radical (unpaired) electrons. The van der Waals surface area contributed by atoms with Gasteiger partial charge >= 0.3 is 0 Å². The zero-order valence-electron chi connectivity index (χ0n) is 11.2. The van der Waals surface area contributed by atoms with Crippen LogP contribution in [0.3, 0.4) is 0 Å². The second kappa shape index (κ2) is 5.86. The van der Waals surface area contributed by atoms with Crippen LogP contribution in [0.2, 0.25) is 0 Å². The minimum absolute atomic E-state index is 0.178. The van der Waals surface area contributed by atoms with Gasteiger partial charge in [-0.15, -0.1) is 0 Å². The quantitative estimate of drug-likeness (QED) is 0.805. The summed E-state index contributed by atoms with van der Waals surface area (Å²) in [5, 5.41) is 9.26. The molecule has 0 spiro atoms.